The fourth-order valence-electron chi connectivity index (χ4n) is 2.19. The Morgan fingerprint density at radius 3 is 2.81 bits per heavy atom. The van der Waals surface area contributed by atoms with Gasteiger partial charge in [0.1, 0.15) is 11.5 Å². The first kappa shape index (κ1) is 13.2. The topological polar surface area (TPSA) is 75.4 Å². The van der Waals surface area contributed by atoms with Crippen molar-refractivity contribution in [2.24, 2.45) is 0 Å². The molecule has 3 aromatic rings. The molecular weight excluding hydrogens is 268 g/mol. The van der Waals surface area contributed by atoms with Gasteiger partial charge in [0.15, 0.2) is 5.69 Å². The molecule has 0 aliphatic carbocycles. The second-order valence-corrected chi connectivity index (χ2v) is 4.74. The summed E-state index contributed by atoms with van der Waals surface area (Å²) in [4.78, 5) is 15.3. The molecule has 2 N–H and O–H groups in total. The van der Waals surface area contributed by atoms with E-state index in [9.17, 15) is 4.79 Å². The molecule has 0 bridgehead atoms. The molecule has 0 unspecified atom stereocenters. The minimum absolute atomic E-state index is 0.0202. The average Bonchev–Trinajstić information content (AvgIpc) is 2.90. The van der Waals surface area contributed by atoms with Crippen molar-refractivity contribution in [3.63, 3.8) is 0 Å². The van der Waals surface area contributed by atoms with Crippen LogP contribution in [-0.4, -0.2) is 16.1 Å². The summed E-state index contributed by atoms with van der Waals surface area (Å²) in [6.45, 7) is 2.37. The molecule has 5 heteroatoms. The number of anilines is 1. The third-order valence-corrected chi connectivity index (χ3v) is 3.18. The molecule has 0 radical (unpaired) electrons. The number of carboxylic acid groups (broad SMARTS) is 1. The number of carboxylic acids is 1. The van der Waals surface area contributed by atoms with Crippen LogP contribution in [0.15, 0.2) is 46.9 Å². The number of furan rings is 1. The Balaban J connectivity index is 1.97. The highest BCUT2D eigenvalue weighted by Crippen LogP contribution is 2.24. The highest BCUT2D eigenvalue weighted by atomic mass is 16.4. The van der Waals surface area contributed by atoms with Crippen LogP contribution >= 0.6 is 0 Å². The van der Waals surface area contributed by atoms with Gasteiger partial charge in [-0.2, -0.15) is 0 Å². The zero-order chi connectivity index (χ0) is 14.8. The van der Waals surface area contributed by atoms with E-state index in [4.69, 9.17) is 9.52 Å². The summed E-state index contributed by atoms with van der Waals surface area (Å²) in [5, 5.41) is 13.2. The van der Waals surface area contributed by atoms with Crippen LogP contribution in [0.5, 0.6) is 0 Å². The van der Waals surface area contributed by atoms with E-state index in [0.717, 1.165) is 22.6 Å². The maximum Gasteiger partial charge on any atom is 0.354 e. The number of benzene rings is 1. The summed E-state index contributed by atoms with van der Waals surface area (Å²) >= 11 is 0. The molecule has 106 valence electrons. The summed E-state index contributed by atoms with van der Waals surface area (Å²) in [6.07, 6.45) is 0. The fraction of sp³-hybridized carbons (Fsp3) is 0.125. The summed E-state index contributed by atoms with van der Waals surface area (Å²) in [5.41, 5.74) is 1.40. The molecule has 2 heterocycles. The van der Waals surface area contributed by atoms with Crippen molar-refractivity contribution in [3.05, 3.63) is 59.7 Å². The number of carbonyl (C=O) groups is 1. The average molecular weight is 282 g/mol. The number of nitrogens with zero attached hydrogens (tertiary/aromatic N) is 1. The van der Waals surface area contributed by atoms with E-state index in [-0.39, 0.29) is 5.69 Å². The lowest BCUT2D eigenvalue weighted by atomic mass is 10.1. The van der Waals surface area contributed by atoms with Crippen molar-refractivity contribution >= 4 is 22.6 Å². The molecule has 0 amide bonds. The van der Waals surface area contributed by atoms with Crippen LogP contribution in [0.25, 0.3) is 10.9 Å². The van der Waals surface area contributed by atoms with Gasteiger partial charge in [-0.25, -0.2) is 9.78 Å². The second-order valence-electron chi connectivity index (χ2n) is 4.74. The smallest absolute Gasteiger partial charge is 0.354 e. The predicted molar refractivity (Wildman–Crippen MR) is 79.5 cm³/mol. The lowest BCUT2D eigenvalue weighted by Crippen LogP contribution is -2.05. The van der Waals surface area contributed by atoms with Crippen molar-refractivity contribution < 1.29 is 14.3 Å². The first-order valence-corrected chi connectivity index (χ1v) is 6.56. The SMILES string of the molecule is Cc1ccc(CNc2cc(C(=O)O)nc3ccccc23)o1. The van der Waals surface area contributed by atoms with Crippen molar-refractivity contribution in [1.29, 1.82) is 0 Å². The zero-order valence-corrected chi connectivity index (χ0v) is 11.5. The fourth-order valence-corrected chi connectivity index (χ4v) is 2.19. The van der Waals surface area contributed by atoms with Gasteiger partial charge in [0.25, 0.3) is 0 Å². The van der Waals surface area contributed by atoms with Gasteiger partial charge in [-0.15, -0.1) is 0 Å². The molecular formula is C16H14N2O3. The lowest BCUT2D eigenvalue weighted by Gasteiger charge is -2.09. The van der Waals surface area contributed by atoms with Crippen LogP contribution in [0.1, 0.15) is 22.0 Å². The quantitative estimate of drug-likeness (QED) is 0.766. The van der Waals surface area contributed by atoms with E-state index in [1.54, 1.807) is 12.1 Å². The Kier molecular flexibility index (Phi) is 3.31. The molecule has 21 heavy (non-hydrogen) atoms. The number of fused-ring (bicyclic) bond motifs is 1. The number of para-hydroxylation sites is 1. The third-order valence-electron chi connectivity index (χ3n) is 3.18. The molecule has 0 saturated heterocycles. The highest BCUT2D eigenvalue weighted by Gasteiger charge is 2.10. The minimum Gasteiger partial charge on any atom is -0.477 e. The maximum absolute atomic E-state index is 11.2. The molecule has 0 aliphatic rings. The molecule has 2 aromatic heterocycles. The molecule has 0 atom stereocenters. The molecule has 0 fully saturated rings. The van der Waals surface area contributed by atoms with E-state index in [1.807, 2.05) is 37.3 Å². The van der Waals surface area contributed by atoms with Crippen molar-refractivity contribution in [3.8, 4) is 0 Å². The summed E-state index contributed by atoms with van der Waals surface area (Å²) < 4.78 is 5.50. The van der Waals surface area contributed by atoms with Crippen LogP contribution in [-0.2, 0) is 6.54 Å². The normalized spacial score (nSPS) is 10.7. The van der Waals surface area contributed by atoms with Crippen molar-refractivity contribution in [2.75, 3.05) is 5.32 Å². The first-order chi connectivity index (χ1) is 10.1. The Hall–Kier alpha value is -2.82. The standard InChI is InChI=1S/C16H14N2O3/c1-10-6-7-11(21-10)9-17-14-8-15(16(19)20)18-13-5-3-2-4-12(13)14/h2-8H,9H2,1H3,(H,17,18)(H,19,20). The van der Waals surface area contributed by atoms with Gasteiger partial charge >= 0.3 is 5.97 Å². The van der Waals surface area contributed by atoms with E-state index in [0.29, 0.717) is 12.1 Å². The van der Waals surface area contributed by atoms with Crippen LogP contribution in [0.2, 0.25) is 0 Å². The van der Waals surface area contributed by atoms with Gasteiger partial charge in [0.2, 0.25) is 0 Å². The lowest BCUT2D eigenvalue weighted by molar-refractivity contribution is 0.0691. The molecule has 0 saturated carbocycles. The number of aromatic nitrogens is 1. The number of aryl methyl sites for hydroxylation is 1. The van der Waals surface area contributed by atoms with Crippen LogP contribution in [0.4, 0.5) is 5.69 Å². The van der Waals surface area contributed by atoms with Crippen LogP contribution in [0.3, 0.4) is 0 Å². The van der Waals surface area contributed by atoms with Gasteiger partial charge in [-0.3, -0.25) is 0 Å². The molecule has 0 aliphatic heterocycles. The van der Waals surface area contributed by atoms with Crippen molar-refractivity contribution in [1.82, 2.24) is 4.98 Å². The van der Waals surface area contributed by atoms with Gasteiger partial charge in [0.05, 0.1) is 12.1 Å². The highest BCUT2D eigenvalue weighted by molar-refractivity contribution is 5.97. The minimum atomic E-state index is -1.04. The van der Waals surface area contributed by atoms with Crippen LogP contribution < -0.4 is 5.32 Å². The van der Waals surface area contributed by atoms with E-state index in [1.165, 1.54) is 0 Å². The summed E-state index contributed by atoms with van der Waals surface area (Å²) in [7, 11) is 0. The molecule has 1 aromatic carbocycles. The molecule has 0 spiro atoms. The van der Waals surface area contributed by atoms with E-state index >= 15 is 0 Å². The Labute approximate surface area is 121 Å². The number of nitrogens with one attached hydrogen (secondary N) is 1. The Morgan fingerprint density at radius 2 is 2.10 bits per heavy atom. The third kappa shape index (κ3) is 2.72. The summed E-state index contributed by atoms with van der Waals surface area (Å²) in [6, 6.07) is 12.8. The van der Waals surface area contributed by atoms with Gasteiger partial charge < -0.3 is 14.8 Å². The van der Waals surface area contributed by atoms with Gasteiger partial charge in [0, 0.05) is 11.1 Å². The molecule has 3 rings (SSSR count). The maximum atomic E-state index is 11.2. The van der Waals surface area contributed by atoms with E-state index < -0.39 is 5.97 Å². The largest absolute Gasteiger partial charge is 0.477 e. The number of pyridine rings is 1. The predicted octanol–water partition coefficient (Wildman–Crippen LogP) is 3.45. The second kappa shape index (κ2) is 5.28. The number of rotatable bonds is 4. The molecule has 5 nitrogen and oxygen atoms in total. The number of aromatic carboxylic acids is 1. The van der Waals surface area contributed by atoms with E-state index in [2.05, 4.69) is 10.3 Å². The summed E-state index contributed by atoms with van der Waals surface area (Å²) in [5.74, 6) is 0.598. The Bertz CT molecular complexity index is 808. The zero-order valence-electron chi connectivity index (χ0n) is 11.5. The van der Waals surface area contributed by atoms with Gasteiger partial charge in [-0.05, 0) is 31.2 Å². The van der Waals surface area contributed by atoms with Gasteiger partial charge in [-0.1, -0.05) is 18.2 Å². The Morgan fingerprint density at radius 1 is 1.29 bits per heavy atom. The number of hydrogen-bond acceptors (Lipinski definition) is 4. The van der Waals surface area contributed by atoms with Crippen molar-refractivity contribution in [2.45, 2.75) is 13.5 Å². The first-order valence-electron chi connectivity index (χ1n) is 6.56. The van der Waals surface area contributed by atoms with Crippen LogP contribution in [0, 0.1) is 6.92 Å². The number of hydrogen-bond donors (Lipinski definition) is 2. The monoisotopic (exact) mass is 282 g/mol.